The molecule has 1 aromatic carbocycles. The summed E-state index contributed by atoms with van der Waals surface area (Å²) < 4.78 is 32.5. The Morgan fingerprint density at radius 3 is 2.33 bits per heavy atom. The number of methoxy groups -OCH3 is 1. The zero-order valence-corrected chi connectivity index (χ0v) is 20.9. The molecule has 180 valence electrons. The SMILES string of the molecule is CCc1nc(CN2CCN(C(=O)C3CCN(S(=O)(=O)c4ccc(OC)cc4)CC3)CC2)cs1. The van der Waals surface area contributed by atoms with Gasteiger partial charge in [-0.3, -0.25) is 9.69 Å². The van der Waals surface area contributed by atoms with Gasteiger partial charge in [-0.15, -0.1) is 11.3 Å². The van der Waals surface area contributed by atoms with E-state index in [-0.39, 0.29) is 16.7 Å². The Balaban J connectivity index is 1.26. The van der Waals surface area contributed by atoms with E-state index < -0.39 is 10.0 Å². The summed E-state index contributed by atoms with van der Waals surface area (Å²) in [5, 5.41) is 3.29. The first-order valence-corrected chi connectivity index (χ1v) is 13.8. The van der Waals surface area contributed by atoms with Crippen LogP contribution in [-0.4, -0.2) is 79.8 Å². The molecule has 8 nitrogen and oxygen atoms in total. The predicted molar refractivity (Wildman–Crippen MR) is 128 cm³/mol. The number of benzene rings is 1. The van der Waals surface area contributed by atoms with E-state index in [4.69, 9.17) is 4.74 Å². The molecule has 4 rings (SSSR count). The molecule has 2 saturated heterocycles. The number of nitrogens with zero attached hydrogens (tertiary/aromatic N) is 4. The highest BCUT2D eigenvalue weighted by Crippen LogP contribution is 2.26. The van der Waals surface area contributed by atoms with Crippen LogP contribution in [0.25, 0.3) is 0 Å². The topological polar surface area (TPSA) is 83.1 Å². The number of hydrogen-bond donors (Lipinski definition) is 0. The molecule has 0 saturated carbocycles. The summed E-state index contributed by atoms with van der Waals surface area (Å²) in [7, 11) is -2.01. The molecule has 2 aromatic rings. The summed E-state index contributed by atoms with van der Waals surface area (Å²) in [5.41, 5.74) is 1.11. The Bertz CT molecular complexity index is 1040. The van der Waals surface area contributed by atoms with Crippen molar-refractivity contribution in [2.75, 3.05) is 46.4 Å². The van der Waals surface area contributed by atoms with E-state index in [1.165, 1.54) is 9.31 Å². The zero-order valence-electron chi connectivity index (χ0n) is 19.3. The Morgan fingerprint density at radius 1 is 1.09 bits per heavy atom. The van der Waals surface area contributed by atoms with Gasteiger partial charge in [-0.25, -0.2) is 13.4 Å². The summed E-state index contributed by atoms with van der Waals surface area (Å²) in [6, 6.07) is 6.44. The average molecular weight is 493 g/mol. The number of carbonyl (C=O) groups excluding carboxylic acids is 1. The van der Waals surface area contributed by atoms with Gasteiger partial charge in [0.1, 0.15) is 5.75 Å². The first-order chi connectivity index (χ1) is 15.9. The molecular formula is C23H32N4O4S2. The van der Waals surface area contributed by atoms with Gasteiger partial charge in [0.15, 0.2) is 0 Å². The van der Waals surface area contributed by atoms with Gasteiger partial charge in [0, 0.05) is 57.1 Å². The Morgan fingerprint density at radius 2 is 1.76 bits per heavy atom. The fourth-order valence-corrected chi connectivity index (χ4v) is 6.64. The first-order valence-electron chi connectivity index (χ1n) is 11.5. The minimum atomic E-state index is -3.56. The molecule has 2 aliphatic heterocycles. The fourth-order valence-electron chi connectivity index (χ4n) is 4.44. The molecule has 2 fully saturated rings. The summed E-state index contributed by atoms with van der Waals surface area (Å²) >= 11 is 1.71. The van der Waals surface area contributed by atoms with E-state index in [9.17, 15) is 13.2 Å². The summed E-state index contributed by atoms with van der Waals surface area (Å²) in [6.07, 6.45) is 2.09. The molecule has 0 bridgehead atoms. The van der Waals surface area contributed by atoms with Crippen molar-refractivity contribution in [2.24, 2.45) is 5.92 Å². The van der Waals surface area contributed by atoms with E-state index in [0.717, 1.165) is 31.7 Å². The summed E-state index contributed by atoms with van der Waals surface area (Å²) in [4.78, 5) is 22.3. The monoisotopic (exact) mass is 492 g/mol. The van der Waals surface area contributed by atoms with Crippen LogP contribution in [0.15, 0.2) is 34.5 Å². The quantitative estimate of drug-likeness (QED) is 0.591. The third-order valence-corrected chi connectivity index (χ3v) is 9.43. The maximum Gasteiger partial charge on any atom is 0.243 e. The van der Waals surface area contributed by atoms with Gasteiger partial charge < -0.3 is 9.64 Å². The van der Waals surface area contributed by atoms with Crippen molar-refractivity contribution in [3.05, 3.63) is 40.3 Å². The van der Waals surface area contributed by atoms with E-state index in [1.54, 1.807) is 42.7 Å². The fraction of sp³-hybridized carbons (Fsp3) is 0.565. The van der Waals surface area contributed by atoms with Gasteiger partial charge in [-0.2, -0.15) is 4.31 Å². The summed E-state index contributed by atoms with van der Waals surface area (Å²) in [6.45, 7) is 6.81. The van der Waals surface area contributed by atoms with Crippen LogP contribution in [0.4, 0.5) is 0 Å². The third kappa shape index (κ3) is 5.56. The van der Waals surface area contributed by atoms with E-state index in [1.807, 2.05) is 4.90 Å². The second kappa shape index (κ2) is 10.5. The number of amides is 1. The van der Waals surface area contributed by atoms with Gasteiger partial charge in [0.05, 0.1) is 22.7 Å². The predicted octanol–water partition coefficient (Wildman–Crippen LogP) is 2.46. The van der Waals surface area contributed by atoms with Crippen molar-refractivity contribution in [1.29, 1.82) is 0 Å². The number of aromatic nitrogens is 1. The number of piperidine rings is 1. The number of aryl methyl sites for hydroxylation is 1. The smallest absolute Gasteiger partial charge is 0.243 e. The number of piperazine rings is 1. The van der Waals surface area contributed by atoms with Crippen molar-refractivity contribution in [3.8, 4) is 5.75 Å². The zero-order chi connectivity index (χ0) is 23.4. The first kappa shape index (κ1) is 24.1. The number of rotatable bonds is 7. The second-order valence-corrected chi connectivity index (χ2v) is 11.4. The van der Waals surface area contributed by atoms with Crippen LogP contribution in [0.3, 0.4) is 0 Å². The minimum Gasteiger partial charge on any atom is -0.497 e. The van der Waals surface area contributed by atoms with Crippen LogP contribution < -0.4 is 4.74 Å². The molecule has 1 aromatic heterocycles. The van der Waals surface area contributed by atoms with Gasteiger partial charge in [-0.05, 0) is 43.5 Å². The van der Waals surface area contributed by atoms with Crippen LogP contribution in [0.2, 0.25) is 0 Å². The molecule has 3 heterocycles. The van der Waals surface area contributed by atoms with Gasteiger partial charge in [-0.1, -0.05) is 6.92 Å². The molecule has 2 aliphatic rings. The maximum atomic E-state index is 13.1. The molecule has 0 unspecified atom stereocenters. The number of thiazole rings is 1. The lowest BCUT2D eigenvalue weighted by Gasteiger charge is -2.38. The highest BCUT2D eigenvalue weighted by atomic mass is 32.2. The van der Waals surface area contributed by atoms with Crippen LogP contribution in [0.5, 0.6) is 5.75 Å². The van der Waals surface area contributed by atoms with Crippen molar-refractivity contribution in [2.45, 2.75) is 37.6 Å². The Labute approximate surface area is 200 Å². The lowest BCUT2D eigenvalue weighted by molar-refractivity contribution is -0.138. The highest BCUT2D eigenvalue weighted by Gasteiger charge is 2.34. The highest BCUT2D eigenvalue weighted by molar-refractivity contribution is 7.89. The Kier molecular flexibility index (Phi) is 7.68. The van der Waals surface area contributed by atoms with Crippen molar-refractivity contribution in [3.63, 3.8) is 0 Å². The van der Waals surface area contributed by atoms with E-state index in [2.05, 4.69) is 22.2 Å². The van der Waals surface area contributed by atoms with Crippen molar-refractivity contribution in [1.82, 2.24) is 19.1 Å². The Hall–Kier alpha value is -2.01. The molecule has 10 heteroatoms. The molecule has 33 heavy (non-hydrogen) atoms. The lowest BCUT2D eigenvalue weighted by atomic mass is 9.96. The van der Waals surface area contributed by atoms with Crippen molar-refractivity contribution >= 4 is 27.3 Å². The standard InChI is InChI=1S/C23H32N4O4S2/c1-3-22-24-19(17-32-22)16-25-12-14-26(15-13-25)23(28)18-8-10-27(11-9-18)33(29,30)21-6-4-20(31-2)5-7-21/h4-7,17-18H,3,8-16H2,1-2H3. The number of sulfonamides is 1. The third-order valence-electron chi connectivity index (χ3n) is 6.47. The van der Waals surface area contributed by atoms with Gasteiger partial charge in [0.2, 0.25) is 15.9 Å². The normalized spacial score (nSPS) is 19.0. The van der Waals surface area contributed by atoms with Gasteiger partial charge >= 0.3 is 0 Å². The van der Waals surface area contributed by atoms with Crippen LogP contribution in [0, 0.1) is 5.92 Å². The number of hydrogen-bond acceptors (Lipinski definition) is 7. The minimum absolute atomic E-state index is 0.107. The van der Waals surface area contributed by atoms with Gasteiger partial charge in [0.25, 0.3) is 0 Å². The molecule has 1 amide bonds. The molecule has 0 spiro atoms. The van der Waals surface area contributed by atoms with Crippen LogP contribution >= 0.6 is 11.3 Å². The van der Waals surface area contributed by atoms with Crippen LogP contribution in [0.1, 0.15) is 30.5 Å². The molecule has 0 N–H and O–H groups in total. The van der Waals surface area contributed by atoms with Crippen LogP contribution in [-0.2, 0) is 27.8 Å². The maximum absolute atomic E-state index is 13.1. The molecule has 0 atom stereocenters. The molecule has 0 aliphatic carbocycles. The largest absolute Gasteiger partial charge is 0.497 e. The van der Waals surface area contributed by atoms with E-state index in [0.29, 0.717) is 44.8 Å². The molecular weight excluding hydrogens is 460 g/mol. The second-order valence-electron chi connectivity index (χ2n) is 8.54. The summed E-state index contributed by atoms with van der Waals surface area (Å²) in [5.74, 6) is 0.679. The number of carbonyl (C=O) groups is 1. The number of ether oxygens (including phenoxy) is 1. The molecule has 0 radical (unpaired) electrons. The van der Waals surface area contributed by atoms with E-state index >= 15 is 0 Å². The van der Waals surface area contributed by atoms with Crippen molar-refractivity contribution < 1.29 is 17.9 Å². The lowest BCUT2D eigenvalue weighted by Crippen LogP contribution is -2.51. The average Bonchev–Trinajstić information content (AvgIpc) is 3.31.